The standard InChI is InChI=1S/C5H6O2S/c1-3-5(6)7-4(2)8/h3,8H,1-2H2. The van der Waals surface area contributed by atoms with Gasteiger partial charge in [0.05, 0.1) is 0 Å². The largest absolute Gasteiger partial charge is 0.417 e. The van der Waals surface area contributed by atoms with Crippen molar-refractivity contribution in [1.29, 1.82) is 0 Å². The molecule has 0 atom stereocenters. The summed E-state index contributed by atoms with van der Waals surface area (Å²) in [6, 6.07) is 0. The Kier molecular flexibility index (Phi) is 3.03. The minimum atomic E-state index is -0.537. The van der Waals surface area contributed by atoms with E-state index in [4.69, 9.17) is 0 Å². The van der Waals surface area contributed by atoms with Gasteiger partial charge in [0.25, 0.3) is 0 Å². The second kappa shape index (κ2) is 3.32. The normalized spacial score (nSPS) is 7.62. The van der Waals surface area contributed by atoms with E-state index >= 15 is 0 Å². The highest BCUT2D eigenvalue weighted by atomic mass is 32.1. The summed E-state index contributed by atoms with van der Waals surface area (Å²) in [5.74, 6) is -0.537. The molecule has 0 N–H and O–H groups in total. The van der Waals surface area contributed by atoms with Crippen LogP contribution in [-0.4, -0.2) is 5.97 Å². The number of thiol groups is 1. The van der Waals surface area contributed by atoms with Gasteiger partial charge in [-0.2, -0.15) is 0 Å². The first kappa shape index (κ1) is 7.30. The van der Waals surface area contributed by atoms with Gasteiger partial charge in [0.15, 0.2) is 5.09 Å². The summed E-state index contributed by atoms with van der Waals surface area (Å²) in [6.45, 7) is 6.38. The van der Waals surface area contributed by atoms with Crippen LogP contribution in [0.15, 0.2) is 24.3 Å². The maximum absolute atomic E-state index is 10.2. The number of rotatable bonds is 2. The van der Waals surface area contributed by atoms with Crippen molar-refractivity contribution in [2.24, 2.45) is 0 Å². The summed E-state index contributed by atoms with van der Waals surface area (Å²) in [4.78, 5) is 10.2. The zero-order valence-electron chi connectivity index (χ0n) is 4.26. The van der Waals surface area contributed by atoms with Gasteiger partial charge in [0.1, 0.15) is 0 Å². The molecule has 0 radical (unpaired) electrons. The molecule has 2 nitrogen and oxygen atoms in total. The summed E-state index contributed by atoms with van der Waals surface area (Å²) < 4.78 is 4.31. The molecule has 8 heavy (non-hydrogen) atoms. The Morgan fingerprint density at radius 1 is 1.75 bits per heavy atom. The summed E-state index contributed by atoms with van der Waals surface area (Å²) in [6.07, 6.45) is 1.04. The molecule has 0 aliphatic carbocycles. The summed E-state index contributed by atoms with van der Waals surface area (Å²) in [5, 5.41) is 0.0786. The van der Waals surface area contributed by atoms with Crippen molar-refractivity contribution < 1.29 is 9.53 Å². The van der Waals surface area contributed by atoms with Gasteiger partial charge in [-0.25, -0.2) is 4.79 Å². The average molecular weight is 130 g/mol. The van der Waals surface area contributed by atoms with Crippen molar-refractivity contribution in [3.63, 3.8) is 0 Å². The second-order valence-corrected chi connectivity index (χ2v) is 1.52. The van der Waals surface area contributed by atoms with Gasteiger partial charge in [-0.15, -0.1) is 12.6 Å². The van der Waals surface area contributed by atoms with E-state index in [1.165, 1.54) is 0 Å². The Labute approximate surface area is 53.2 Å². The Morgan fingerprint density at radius 3 is 2.38 bits per heavy atom. The highest BCUT2D eigenvalue weighted by Crippen LogP contribution is 1.97. The zero-order valence-corrected chi connectivity index (χ0v) is 5.15. The molecule has 0 saturated carbocycles. The average Bonchev–Trinajstić information content (AvgIpc) is 1.65. The van der Waals surface area contributed by atoms with Crippen molar-refractivity contribution in [3.8, 4) is 0 Å². The van der Waals surface area contributed by atoms with Gasteiger partial charge in [-0.05, 0) is 6.58 Å². The van der Waals surface area contributed by atoms with Crippen LogP contribution in [0.4, 0.5) is 0 Å². The predicted molar refractivity (Wildman–Crippen MR) is 34.4 cm³/mol. The van der Waals surface area contributed by atoms with E-state index in [9.17, 15) is 4.79 Å². The smallest absolute Gasteiger partial charge is 0.336 e. The fourth-order valence-electron chi connectivity index (χ4n) is 0.158. The quantitative estimate of drug-likeness (QED) is 0.262. The minimum Gasteiger partial charge on any atom is -0.417 e. The molecule has 0 bridgehead atoms. The molecule has 0 aliphatic heterocycles. The molecular weight excluding hydrogens is 124 g/mol. The third kappa shape index (κ3) is 3.49. The topological polar surface area (TPSA) is 26.3 Å². The molecule has 0 rings (SSSR count). The van der Waals surface area contributed by atoms with Crippen LogP contribution in [-0.2, 0) is 9.53 Å². The monoisotopic (exact) mass is 130 g/mol. The van der Waals surface area contributed by atoms with Gasteiger partial charge in [-0.1, -0.05) is 6.58 Å². The van der Waals surface area contributed by atoms with E-state index in [-0.39, 0.29) is 5.09 Å². The SMILES string of the molecule is C=CC(=O)OC(=C)S. The molecule has 0 aromatic carbocycles. The zero-order chi connectivity index (χ0) is 6.57. The summed E-state index contributed by atoms with van der Waals surface area (Å²) in [5.41, 5.74) is 0. The predicted octanol–water partition coefficient (Wildman–Crippen LogP) is 1.12. The molecule has 0 amide bonds. The Hall–Kier alpha value is -0.700. The van der Waals surface area contributed by atoms with E-state index in [2.05, 4.69) is 30.5 Å². The molecule has 0 aromatic heterocycles. The molecule has 3 heteroatoms. The van der Waals surface area contributed by atoms with Gasteiger partial charge in [0.2, 0.25) is 0 Å². The number of carbonyl (C=O) groups excluding carboxylic acids is 1. The number of hydrogen-bond acceptors (Lipinski definition) is 3. The Morgan fingerprint density at radius 2 is 2.25 bits per heavy atom. The fourth-order valence-corrected chi connectivity index (χ4v) is 0.248. The Bertz CT molecular complexity index is 128. The van der Waals surface area contributed by atoms with Crippen LogP contribution in [0.2, 0.25) is 0 Å². The van der Waals surface area contributed by atoms with E-state index in [0.29, 0.717) is 0 Å². The lowest BCUT2D eigenvalue weighted by Crippen LogP contribution is -1.94. The van der Waals surface area contributed by atoms with Gasteiger partial charge in [-0.3, -0.25) is 0 Å². The summed E-state index contributed by atoms with van der Waals surface area (Å²) >= 11 is 3.61. The van der Waals surface area contributed by atoms with E-state index in [1.54, 1.807) is 0 Å². The first-order valence-electron chi connectivity index (χ1n) is 1.89. The van der Waals surface area contributed by atoms with Crippen molar-refractivity contribution in [2.45, 2.75) is 0 Å². The van der Waals surface area contributed by atoms with Crippen LogP contribution in [0.1, 0.15) is 0 Å². The lowest BCUT2D eigenvalue weighted by Gasteiger charge is -1.93. The van der Waals surface area contributed by atoms with Crippen LogP contribution in [0, 0.1) is 0 Å². The van der Waals surface area contributed by atoms with Crippen molar-refractivity contribution in [2.75, 3.05) is 0 Å². The first-order valence-corrected chi connectivity index (χ1v) is 2.33. The molecule has 0 spiro atoms. The molecule has 0 aromatic rings. The Balaban J connectivity index is 3.55. The third-order valence-electron chi connectivity index (χ3n) is 0.385. The molecule has 0 saturated heterocycles. The van der Waals surface area contributed by atoms with Crippen LogP contribution in [0.25, 0.3) is 0 Å². The molecule has 0 unspecified atom stereocenters. The van der Waals surface area contributed by atoms with E-state index < -0.39 is 5.97 Å². The minimum absolute atomic E-state index is 0.0786. The number of carbonyl (C=O) groups is 1. The number of hydrogen-bond donors (Lipinski definition) is 1. The summed E-state index contributed by atoms with van der Waals surface area (Å²) in [7, 11) is 0. The van der Waals surface area contributed by atoms with Gasteiger partial charge < -0.3 is 4.74 Å². The molecular formula is C5H6O2S. The lowest BCUT2D eigenvalue weighted by atomic mass is 10.7. The lowest BCUT2D eigenvalue weighted by molar-refractivity contribution is -0.132. The molecule has 44 valence electrons. The van der Waals surface area contributed by atoms with Crippen LogP contribution >= 0.6 is 12.6 Å². The third-order valence-corrected chi connectivity index (χ3v) is 0.476. The van der Waals surface area contributed by atoms with Crippen LogP contribution < -0.4 is 0 Å². The molecule has 0 aliphatic rings. The molecule has 0 fully saturated rings. The van der Waals surface area contributed by atoms with Gasteiger partial charge >= 0.3 is 5.97 Å². The second-order valence-electron chi connectivity index (χ2n) is 1.02. The van der Waals surface area contributed by atoms with Crippen LogP contribution in [0.5, 0.6) is 0 Å². The maximum Gasteiger partial charge on any atom is 0.336 e. The van der Waals surface area contributed by atoms with Crippen LogP contribution in [0.3, 0.4) is 0 Å². The van der Waals surface area contributed by atoms with Crippen molar-refractivity contribution in [1.82, 2.24) is 0 Å². The van der Waals surface area contributed by atoms with Crippen molar-refractivity contribution in [3.05, 3.63) is 24.3 Å². The number of ether oxygens (including phenoxy) is 1. The number of esters is 1. The molecule has 0 heterocycles. The highest BCUT2D eigenvalue weighted by Gasteiger charge is 1.92. The van der Waals surface area contributed by atoms with Gasteiger partial charge in [0, 0.05) is 6.08 Å². The highest BCUT2D eigenvalue weighted by molar-refractivity contribution is 7.84. The fraction of sp³-hybridized carbons (Fsp3) is 0. The van der Waals surface area contributed by atoms with E-state index in [1.807, 2.05) is 0 Å². The first-order chi connectivity index (χ1) is 3.66. The van der Waals surface area contributed by atoms with Crippen molar-refractivity contribution >= 4 is 18.6 Å². The maximum atomic E-state index is 10.2. The van der Waals surface area contributed by atoms with E-state index in [0.717, 1.165) is 6.08 Å².